The number of halogens is 1. The Morgan fingerprint density at radius 2 is 1.47 bits per heavy atom. The first kappa shape index (κ1) is 14.8. The van der Waals surface area contributed by atoms with Gasteiger partial charge in [-0.2, -0.15) is 0 Å². The zero-order valence-corrected chi connectivity index (χ0v) is 13.2. The van der Waals surface area contributed by atoms with Gasteiger partial charge >= 0.3 is 0 Å². The molecule has 0 aliphatic carbocycles. The lowest BCUT2D eigenvalue weighted by atomic mass is 10.2. The van der Waals surface area contributed by atoms with Crippen LogP contribution in [0.4, 0.5) is 5.69 Å². The highest BCUT2D eigenvalue weighted by Gasteiger charge is 2.05. The van der Waals surface area contributed by atoms with Crippen molar-refractivity contribution in [2.75, 3.05) is 18.0 Å². The number of nitrogens with zero attached hydrogens (tertiary/aromatic N) is 1. The smallest absolute Gasteiger partial charge is 0.0366 e. The Morgan fingerprint density at radius 3 is 1.88 bits per heavy atom. The Hall–Kier alpha value is -0.250. The molecule has 0 saturated carbocycles. The van der Waals surface area contributed by atoms with Gasteiger partial charge < -0.3 is 4.90 Å². The summed E-state index contributed by atoms with van der Waals surface area (Å²) < 4.78 is 1.10. The maximum atomic E-state index is 2.53. The molecule has 1 rings (SSSR count). The van der Waals surface area contributed by atoms with Crippen LogP contribution in [0.5, 0.6) is 0 Å². The van der Waals surface area contributed by atoms with E-state index in [0.717, 1.165) is 4.43 Å². The van der Waals surface area contributed by atoms with E-state index in [1.54, 1.807) is 0 Å². The third-order valence-corrected chi connectivity index (χ3v) is 3.90. The van der Waals surface area contributed by atoms with E-state index in [0.29, 0.717) is 0 Å². The average molecular weight is 345 g/mol. The van der Waals surface area contributed by atoms with Gasteiger partial charge in [0.2, 0.25) is 0 Å². The summed E-state index contributed by atoms with van der Waals surface area (Å²) in [4.78, 5) is 2.53. The van der Waals surface area contributed by atoms with Gasteiger partial charge in [-0.1, -0.05) is 61.4 Å². The molecule has 0 radical (unpaired) electrons. The van der Waals surface area contributed by atoms with Gasteiger partial charge in [0.05, 0.1) is 0 Å². The molecule has 0 aliphatic rings. The van der Waals surface area contributed by atoms with E-state index in [9.17, 15) is 0 Å². The molecule has 0 aliphatic heterocycles. The molecule has 1 aromatic carbocycles. The highest BCUT2D eigenvalue weighted by molar-refractivity contribution is 14.1. The van der Waals surface area contributed by atoms with E-state index in [2.05, 4.69) is 65.6 Å². The molecule has 0 unspecified atom stereocenters. The molecule has 0 amide bonds. The third-order valence-electron chi connectivity index (χ3n) is 3.02. The van der Waals surface area contributed by atoms with Gasteiger partial charge in [0.1, 0.15) is 0 Å². The van der Waals surface area contributed by atoms with Crippen LogP contribution < -0.4 is 4.90 Å². The first-order chi connectivity index (χ1) is 8.31. The molecule has 96 valence electrons. The molecule has 0 bridgehead atoms. The lowest BCUT2D eigenvalue weighted by Gasteiger charge is -2.24. The minimum absolute atomic E-state index is 1.10. The Kier molecular flexibility index (Phi) is 7.65. The van der Waals surface area contributed by atoms with Gasteiger partial charge in [-0.05, 0) is 30.5 Å². The average Bonchev–Trinajstić information content (AvgIpc) is 2.39. The fourth-order valence-electron chi connectivity index (χ4n) is 1.86. The van der Waals surface area contributed by atoms with Crippen molar-refractivity contribution in [3.63, 3.8) is 0 Å². The van der Waals surface area contributed by atoms with Crippen LogP contribution in [0.3, 0.4) is 0 Å². The van der Waals surface area contributed by atoms with E-state index in [1.807, 2.05) is 0 Å². The van der Waals surface area contributed by atoms with Crippen molar-refractivity contribution >= 4 is 28.3 Å². The van der Waals surface area contributed by atoms with Crippen molar-refractivity contribution in [3.8, 4) is 0 Å². The predicted octanol–water partition coefficient (Wildman–Crippen LogP) is 5.03. The molecule has 2 heteroatoms. The SMILES string of the molecule is CCCCN(CCCC)c1ccc(CI)cc1. The number of alkyl halides is 1. The van der Waals surface area contributed by atoms with Crippen LogP contribution >= 0.6 is 22.6 Å². The van der Waals surface area contributed by atoms with Crippen molar-refractivity contribution < 1.29 is 0 Å². The van der Waals surface area contributed by atoms with E-state index in [-0.39, 0.29) is 0 Å². The molecular formula is C15H24IN. The molecule has 0 aromatic heterocycles. The van der Waals surface area contributed by atoms with E-state index >= 15 is 0 Å². The van der Waals surface area contributed by atoms with Gasteiger partial charge in [-0.25, -0.2) is 0 Å². The topological polar surface area (TPSA) is 3.24 Å². The normalized spacial score (nSPS) is 10.5. The minimum atomic E-state index is 1.10. The molecule has 0 heterocycles. The summed E-state index contributed by atoms with van der Waals surface area (Å²) >= 11 is 2.41. The van der Waals surface area contributed by atoms with Crippen LogP contribution in [0, 0.1) is 0 Å². The second-order valence-corrected chi connectivity index (χ2v) is 5.26. The standard InChI is InChI=1S/C15H24IN/c1-3-5-11-17(12-6-4-2)15-9-7-14(13-16)8-10-15/h7-10H,3-6,11-13H2,1-2H3. The Labute approximate surface area is 120 Å². The summed E-state index contributed by atoms with van der Waals surface area (Å²) in [6, 6.07) is 9.07. The van der Waals surface area contributed by atoms with Crippen molar-refractivity contribution in [2.24, 2.45) is 0 Å². The van der Waals surface area contributed by atoms with Crippen LogP contribution in [-0.4, -0.2) is 13.1 Å². The molecule has 17 heavy (non-hydrogen) atoms. The fraction of sp³-hybridized carbons (Fsp3) is 0.600. The first-order valence-electron chi connectivity index (χ1n) is 6.71. The van der Waals surface area contributed by atoms with Gasteiger partial charge in [0, 0.05) is 23.2 Å². The van der Waals surface area contributed by atoms with Gasteiger partial charge in [-0.3, -0.25) is 0 Å². The molecule has 0 fully saturated rings. The van der Waals surface area contributed by atoms with Crippen molar-refractivity contribution in [2.45, 2.75) is 44.0 Å². The van der Waals surface area contributed by atoms with Gasteiger partial charge in [0.25, 0.3) is 0 Å². The maximum absolute atomic E-state index is 2.53. The van der Waals surface area contributed by atoms with Crippen molar-refractivity contribution in [1.82, 2.24) is 0 Å². The Balaban J connectivity index is 2.65. The number of anilines is 1. The second-order valence-electron chi connectivity index (χ2n) is 4.49. The highest BCUT2D eigenvalue weighted by Crippen LogP contribution is 2.18. The zero-order valence-electron chi connectivity index (χ0n) is 11.1. The largest absolute Gasteiger partial charge is 0.372 e. The lowest BCUT2D eigenvalue weighted by molar-refractivity contribution is 0.678. The minimum Gasteiger partial charge on any atom is -0.372 e. The summed E-state index contributed by atoms with van der Waals surface area (Å²) in [6.07, 6.45) is 5.12. The zero-order chi connectivity index (χ0) is 12.5. The Bertz CT molecular complexity index is 286. The van der Waals surface area contributed by atoms with E-state index < -0.39 is 0 Å². The van der Waals surface area contributed by atoms with Crippen molar-refractivity contribution in [3.05, 3.63) is 29.8 Å². The molecule has 0 N–H and O–H groups in total. The molecule has 0 spiro atoms. The first-order valence-corrected chi connectivity index (χ1v) is 8.24. The van der Waals surface area contributed by atoms with Crippen LogP contribution in [0.15, 0.2) is 24.3 Å². The molecule has 0 saturated heterocycles. The summed E-state index contributed by atoms with van der Waals surface area (Å²) in [5, 5.41) is 0. The monoisotopic (exact) mass is 345 g/mol. The highest BCUT2D eigenvalue weighted by atomic mass is 127. The quantitative estimate of drug-likeness (QED) is 0.472. The van der Waals surface area contributed by atoms with Gasteiger partial charge in [0.15, 0.2) is 0 Å². The molecular weight excluding hydrogens is 321 g/mol. The molecule has 1 aromatic rings. The van der Waals surface area contributed by atoms with Crippen molar-refractivity contribution in [1.29, 1.82) is 0 Å². The number of benzene rings is 1. The summed E-state index contributed by atoms with van der Waals surface area (Å²) in [5.41, 5.74) is 2.81. The summed E-state index contributed by atoms with van der Waals surface area (Å²) in [5.74, 6) is 0. The maximum Gasteiger partial charge on any atom is 0.0366 e. The van der Waals surface area contributed by atoms with Crippen LogP contribution in [0.1, 0.15) is 45.1 Å². The molecule has 0 atom stereocenters. The van der Waals surface area contributed by atoms with Crippen LogP contribution in [0.25, 0.3) is 0 Å². The van der Waals surface area contributed by atoms with E-state index in [1.165, 1.54) is 50.0 Å². The fourth-order valence-corrected chi connectivity index (χ4v) is 2.37. The van der Waals surface area contributed by atoms with E-state index in [4.69, 9.17) is 0 Å². The third kappa shape index (κ3) is 5.28. The number of hydrogen-bond donors (Lipinski definition) is 0. The van der Waals surface area contributed by atoms with Crippen LogP contribution in [0.2, 0.25) is 0 Å². The number of unbranched alkanes of at least 4 members (excludes halogenated alkanes) is 2. The lowest BCUT2D eigenvalue weighted by Crippen LogP contribution is -2.25. The summed E-state index contributed by atoms with van der Waals surface area (Å²) in [7, 11) is 0. The Morgan fingerprint density at radius 1 is 0.941 bits per heavy atom. The number of rotatable bonds is 8. The number of hydrogen-bond acceptors (Lipinski definition) is 1. The molecule has 1 nitrogen and oxygen atoms in total. The predicted molar refractivity (Wildman–Crippen MR) is 86.2 cm³/mol. The van der Waals surface area contributed by atoms with Crippen LogP contribution in [-0.2, 0) is 4.43 Å². The van der Waals surface area contributed by atoms with Gasteiger partial charge in [-0.15, -0.1) is 0 Å². The second kappa shape index (κ2) is 8.78. The summed E-state index contributed by atoms with van der Waals surface area (Å²) in [6.45, 7) is 6.91.